The Hall–Kier alpha value is -1.17. The zero-order chi connectivity index (χ0) is 11.3. The summed E-state index contributed by atoms with van der Waals surface area (Å²) in [7, 11) is 0. The summed E-state index contributed by atoms with van der Waals surface area (Å²) >= 11 is 5.66. The fourth-order valence-electron chi connectivity index (χ4n) is 1.04. The molecule has 0 radical (unpaired) electrons. The molecule has 6 heteroatoms. The second-order valence-corrected chi connectivity index (χ2v) is 3.20. The van der Waals surface area contributed by atoms with E-state index in [4.69, 9.17) is 16.4 Å². The van der Waals surface area contributed by atoms with E-state index in [9.17, 15) is 10.1 Å². The number of nitro groups is 1. The summed E-state index contributed by atoms with van der Waals surface area (Å²) in [5.41, 5.74) is 3.33. The van der Waals surface area contributed by atoms with E-state index in [1.54, 1.807) is 6.07 Å². The summed E-state index contributed by atoms with van der Waals surface area (Å²) < 4.78 is 0. The molecule has 0 saturated carbocycles. The molecule has 0 heterocycles. The third-order valence-electron chi connectivity index (χ3n) is 1.73. The average Bonchev–Trinajstić information content (AvgIpc) is 2.20. The quantitative estimate of drug-likeness (QED) is 0.479. The minimum absolute atomic E-state index is 0.0903. The zero-order valence-electron chi connectivity index (χ0n) is 8.20. The Morgan fingerprint density at radius 3 is 2.93 bits per heavy atom. The van der Waals surface area contributed by atoms with Gasteiger partial charge in [-0.3, -0.25) is 10.1 Å². The van der Waals surface area contributed by atoms with Gasteiger partial charge >= 0.3 is 0 Å². The molecule has 0 spiro atoms. The lowest BCUT2D eigenvalue weighted by Gasteiger charge is -2.04. The summed E-state index contributed by atoms with van der Waals surface area (Å²) in [4.78, 5) is 15.0. The van der Waals surface area contributed by atoms with Crippen molar-refractivity contribution in [2.75, 3.05) is 6.61 Å². The van der Waals surface area contributed by atoms with Gasteiger partial charge in [0.1, 0.15) is 5.02 Å². The molecule has 0 aliphatic carbocycles. The Morgan fingerprint density at radius 1 is 1.60 bits per heavy atom. The Labute approximate surface area is 92.1 Å². The number of hydrogen-bond donors (Lipinski definition) is 1. The molecule has 0 fully saturated rings. The second-order valence-electron chi connectivity index (χ2n) is 2.80. The van der Waals surface area contributed by atoms with E-state index in [1.165, 1.54) is 12.1 Å². The topological polar surface area (TPSA) is 64.4 Å². The van der Waals surface area contributed by atoms with E-state index in [0.717, 1.165) is 5.56 Å². The summed E-state index contributed by atoms with van der Waals surface area (Å²) in [6, 6.07) is 4.64. The number of nitrogens with one attached hydrogen (secondary N) is 1. The van der Waals surface area contributed by atoms with Crippen LogP contribution in [0.25, 0.3) is 0 Å². The second kappa shape index (κ2) is 5.65. The van der Waals surface area contributed by atoms with Crippen molar-refractivity contribution in [1.82, 2.24) is 5.48 Å². The molecule has 0 unspecified atom stereocenters. The number of nitro benzene ring substituents is 1. The van der Waals surface area contributed by atoms with Gasteiger partial charge in [0, 0.05) is 12.6 Å². The molecule has 1 aromatic carbocycles. The highest BCUT2D eigenvalue weighted by atomic mass is 35.5. The molecule has 0 aliphatic heterocycles. The Kier molecular flexibility index (Phi) is 4.48. The Balaban J connectivity index is 2.74. The minimum atomic E-state index is -0.507. The smallest absolute Gasteiger partial charge is 0.288 e. The monoisotopic (exact) mass is 230 g/mol. The molecule has 15 heavy (non-hydrogen) atoms. The summed E-state index contributed by atoms with van der Waals surface area (Å²) in [6.45, 7) is 2.79. The van der Waals surface area contributed by atoms with Gasteiger partial charge in [-0.15, -0.1) is 0 Å². The van der Waals surface area contributed by atoms with Crippen LogP contribution in [0.2, 0.25) is 5.02 Å². The zero-order valence-corrected chi connectivity index (χ0v) is 8.95. The Bertz CT molecular complexity index is 357. The lowest BCUT2D eigenvalue weighted by Crippen LogP contribution is -2.13. The maximum absolute atomic E-state index is 10.6. The fraction of sp³-hybridized carbons (Fsp3) is 0.333. The van der Waals surface area contributed by atoms with Crippen LogP contribution >= 0.6 is 11.6 Å². The predicted octanol–water partition coefficient (Wildman–Crippen LogP) is 2.29. The molecule has 82 valence electrons. The molecule has 1 aromatic rings. The predicted molar refractivity (Wildman–Crippen MR) is 56.6 cm³/mol. The molecule has 0 atom stereocenters. The van der Waals surface area contributed by atoms with Gasteiger partial charge in [-0.2, -0.15) is 5.48 Å². The average molecular weight is 231 g/mol. The van der Waals surface area contributed by atoms with Crippen LogP contribution in [0.1, 0.15) is 12.5 Å². The van der Waals surface area contributed by atoms with E-state index in [2.05, 4.69) is 5.48 Å². The van der Waals surface area contributed by atoms with E-state index >= 15 is 0 Å². The molecular weight excluding hydrogens is 220 g/mol. The third-order valence-corrected chi connectivity index (χ3v) is 2.05. The first-order valence-corrected chi connectivity index (χ1v) is 4.80. The molecule has 1 rings (SSSR count). The number of nitrogens with zero attached hydrogens (tertiary/aromatic N) is 1. The molecule has 0 aliphatic rings. The number of rotatable bonds is 5. The molecule has 0 saturated heterocycles. The maximum atomic E-state index is 10.6. The van der Waals surface area contributed by atoms with Crippen LogP contribution in [-0.4, -0.2) is 11.5 Å². The van der Waals surface area contributed by atoms with Crippen molar-refractivity contribution in [3.63, 3.8) is 0 Å². The van der Waals surface area contributed by atoms with Crippen LogP contribution < -0.4 is 5.48 Å². The van der Waals surface area contributed by atoms with E-state index < -0.39 is 4.92 Å². The molecule has 1 N–H and O–H groups in total. The van der Waals surface area contributed by atoms with Crippen molar-refractivity contribution in [2.24, 2.45) is 0 Å². The van der Waals surface area contributed by atoms with Crippen LogP contribution in [0.4, 0.5) is 5.69 Å². The Morgan fingerprint density at radius 2 is 2.33 bits per heavy atom. The number of halogens is 1. The highest BCUT2D eigenvalue weighted by molar-refractivity contribution is 6.32. The lowest BCUT2D eigenvalue weighted by atomic mass is 10.2. The van der Waals surface area contributed by atoms with Gasteiger partial charge < -0.3 is 4.84 Å². The molecule has 5 nitrogen and oxygen atoms in total. The lowest BCUT2D eigenvalue weighted by molar-refractivity contribution is -0.384. The number of hydroxylamine groups is 1. The largest absolute Gasteiger partial charge is 0.302 e. The first kappa shape index (κ1) is 11.9. The first-order valence-electron chi connectivity index (χ1n) is 4.42. The standard InChI is InChI=1S/C9H11ClN2O3/c1-2-15-11-6-7-3-4-8(10)9(5-7)12(13)14/h3-5,11H,2,6H2,1H3. The van der Waals surface area contributed by atoms with Crippen molar-refractivity contribution in [3.05, 3.63) is 38.9 Å². The van der Waals surface area contributed by atoms with Crippen LogP contribution in [-0.2, 0) is 11.4 Å². The fourth-order valence-corrected chi connectivity index (χ4v) is 1.23. The van der Waals surface area contributed by atoms with Crippen LogP contribution in [0.15, 0.2) is 18.2 Å². The minimum Gasteiger partial charge on any atom is -0.302 e. The number of hydrogen-bond acceptors (Lipinski definition) is 4. The summed E-state index contributed by atoms with van der Waals surface area (Å²) in [6.07, 6.45) is 0. The molecular formula is C9H11ClN2O3. The van der Waals surface area contributed by atoms with Crippen molar-refractivity contribution >= 4 is 17.3 Å². The third kappa shape index (κ3) is 3.47. The van der Waals surface area contributed by atoms with E-state index in [-0.39, 0.29) is 10.7 Å². The van der Waals surface area contributed by atoms with Crippen molar-refractivity contribution < 1.29 is 9.76 Å². The van der Waals surface area contributed by atoms with Crippen molar-refractivity contribution in [2.45, 2.75) is 13.5 Å². The summed E-state index contributed by atoms with van der Waals surface area (Å²) in [5, 5.41) is 10.7. The van der Waals surface area contributed by atoms with Gasteiger partial charge in [-0.25, -0.2) is 0 Å². The first-order chi connectivity index (χ1) is 7.15. The SMILES string of the molecule is CCONCc1ccc(Cl)c([N+](=O)[O-])c1. The highest BCUT2D eigenvalue weighted by Gasteiger charge is 2.12. The van der Waals surface area contributed by atoms with Gasteiger partial charge in [0.05, 0.1) is 11.5 Å². The van der Waals surface area contributed by atoms with E-state index in [1.807, 2.05) is 6.92 Å². The van der Waals surface area contributed by atoms with Gasteiger partial charge in [-0.05, 0) is 18.6 Å². The summed E-state index contributed by atoms with van der Waals surface area (Å²) in [5.74, 6) is 0. The van der Waals surface area contributed by atoms with Gasteiger partial charge in [-0.1, -0.05) is 17.7 Å². The number of benzene rings is 1. The van der Waals surface area contributed by atoms with Crippen LogP contribution in [0, 0.1) is 10.1 Å². The normalized spacial score (nSPS) is 10.3. The van der Waals surface area contributed by atoms with Crippen molar-refractivity contribution in [3.8, 4) is 0 Å². The molecule has 0 bridgehead atoms. The maximum Gasteiger partial charge on any atom is 0.288 e. The van der Waals surface area contributed by atoms with Gasteiger partial charge in [0.15, 0.2) is 0 Å². The van der Waals surface area contributed by atoms with Crippen molar-refractivity contribution in [1.29, 1.82) is 0 Å². The van der Waals surface area contributed by atoms with Gasteiger partial charge in [0.25, 0.3) is 5.69 Å². The van der Waals surface area contributed by atoms with Crippen LogP contribution in [0.5, 0.6) is 0 Å². The van der Waals surface area contributed by atoms with Gasteiger partial charge in [0.2, 0.25) is 0 Å². The molecule has 0 amide bonds. The van der Waals surface area contributed by atoms with E-state index in [0.29, 0.717) is 13.2 Å². The molecule has 0 aromatic heterocycles. The highest BCUT2D eigenvalue weighted by Crippen LogP contribution is 2.24. The van der Waals surface area contributed by atoms with Crippen LogP contribution in [0.3, 0.4) is 0 Å².